The molecule has 1 saturated heterocycles. The molecule has 5 nitrogen and oxygen atoms in total. The van der Waals surface area contributed by atoms with Gasteiger partial charge in [0.05, 0.1) is 17.8 Å². The van der Waals surface area contributed by atoms with Gasteiger partial charge >= 0.3 is 0 Å². The molecule has 3 aromatic heterocycles. The van der Waals surface area contributed by atoms with Crippen molar-refractivity contribution in [3.05, 3.63) is 47.4 Å². The number of thiazole rings is 1. The van der Waals surface area contributed by atoms with E-state index in [0.717, 1.165) is 40.4 Å². The Morgan fingerprint density at radius 3 is 3.13 bits per heavy atom. The number of rotatable bonds is 2. The van der Waals surface area contributed by atoms with Crippen LogP contribution < -0.4 is 0 Å². The average Bonchev–Trinajstić information content (AvgIpc) is 3.20. The van der Waals surface area contributed by atoms with E-state index < -0.39 is 0 Å². The molecule has 0 aliphatic carbocycles. The van der Waals surface area contributed by atoms with Crippen molar-refractivity contribution in [3.8, 4) is 0 Å². The van der Waals surface area contributed by atoms with Crippen molar-refractivity contribution in [1.82, 2.24) is 19.1 Å². The molecule has 1 atom stereocenters. The molecule has 0 aromatic carbocycles. The summed E-state index contributed by atoms with van der Waals surface area (Å²) in [5.41, 5.74) is 1.93. The normalized spacial score (nSPS) is 19.2. The van der Waals surface area contributed by atoms with Crippen LogP contribution >= 0.6 is 23.1 Å². The van der Waals surface area contributed by atoms with Gasteiger partial charge < -0.3 is 9.30 Å². The average molecular weight is 346 g/mol. The minimum Gasteiger partial charge on any atom is -0.331 e. The smallest absolute Gasteiger partial charge is 0.257 e. The van der Waals surface area contributed by atoms with Crippen molar-refractivity contribution < 1.29 is 4.79 Å². The largest absolute Gasteiger partial charge is 0.331 e. The summed E-state index contributed by atoms with van der Waals surface area (Å²) in [6.07, 6.45) is 8.90. The molecule has 23 heavy (non-hydrogen) atoms. The second-order valence-electron chi connectivity index (χ2n) is 5.73. The highest BCUT2D eigenvalue weighted by atomic mass is 32.2. The predicted molar refractivity (Wildman–Crippen MR) is 94.2 cm³/mol. The third-order valence-corrected chi connectivity index (χ3v) is 6.25. The first-order valence-corrected chi connectivity index (χ1v) is 9.69. The Hall–Kier alpha value is -1.73. The maximum absolute atomic E-state index is 13.2. The first-order chi connectivity index (χ1) is 11.2. The molecule has 0 spiro atoms. The summed E-state index contributed by atoms with van der Waals surface area (Å²) in [7, 11) is 1.92. The van der Waals surface area contributed by atoms with Crippen molar-refractivity contribution in [1.29, 1.82) is 0 Å². The number of thioether (sulfide) groups is 1. The highest BCUT2D eigenvalue weighted by molar-refractivity contribution is 7.99. The number of amides is 1. The lowest BCUT2D eigenvalue weighted by atomic mass is 10.1. The predicted octanol–water partition coefficient (Wildman–Crippen LogP) is 3.05. The van der Waals surface area contributed by atoms with Gasteiger partial charge in [-0.3, -0.25) is 9.48 Å². The maximum atomic E-state index is 13.2. The second kappa shape index (κ2) is 6.05. The fourth-order valence-corrected chi connectivity index (χ4v) is 5.00. The summed E-state index contributed by atoms with van der Waals surface area (Å²) in [5.74, 6) is 2.16. The molecule has 3 aromatic rings. The molecule has 1 unspecified atom stereocenters. The minimum absolute atomic E-state index is 0.0959. The molecular weight excluding hydrogens is 328 g/mol. The Balaban J connectivity index is 1.71. The molecule has 0 N–H and O–H groups in total. The van der Waals surface area contributed by atoms with Crippen molar-refractivity contribution in [3.63, 3.8) is 0 Å². The lowest BCUT2D eigenvalue weighted by Gasteiger charge is -2.29. The van der Waals surface area contributed by atoms with Gasteiger partial charge in [0.1, 0.15) is 4.83 Å². The van der Waals surface area contributed by atoms with Crippen LogP contribution in [0.5, 0.6) is 0 Å². The summed E-state index contributed by atoms with van der Waals surface area (Å²) < 4.78 is 3.83. The summed E-state index contributed by atoms with van der Waals surface area (Å²) in [6, 6.07) is 2.03. The van der Waals surface area contributed by atoms with Gasteiger partial charge in [0.2, 0.25) is 0 Å². The number of hydrogen-bond donors (Lipinski definition) is 0. The molecular formula is C16H18N4OS2. The third-order valence-electron chi connectivity index (χ3n) is 4.21. The van der Waals surface area contributed by atoms with E-state index in [2.05, 4.69) is 5.10 Å². The molecule has 1 aliphatic heterocycles. The van der Waals surface area contributed by atoms with E-state index in [0.29, 0.717) is 0 Å². The Labute approximate surface area is 142 Å². The van der Waals surface area contributed by atoms with Gasteiger partial charge in [0.25, 0.3) is 5.91 Å². The van der Waals surface area contributed by atoms with Gasteiger partial charge in [0, 0.05) is 48.9 Å². The molecule has 7 heteroatoms. The highest BCUT2D eigenvalue weighted by Crippen LogP contribution is 2.31. The van der Waals surface area contributed by atoms with E-state index in [1.807, 2.05) is 69.0 Å². The summed E-state index contributed by atoms with van der Waals surface area (Å²) in [4.78, 5) is 16.3. The van der Waals surface area contributed by atoms with Gasteiger partial charge in [-0.25, -0.2) is 0 Å². The minimum atomic E-state index is 0.0959. The Kier molecular flexibility index (Phi) is 3.90. The molecule has 0 radical (unpaired) electrons. The fraction of sp³-hybridized carbons (Fsp3) is 0.375. The standard InChI is InChI=1S/C16H18N4OS2/c1-18-10-12(9-17-18)14-11-22-7-2-4-20(14)15(21)13-3-5-19-6-8-23-16(13)19/h3,5-6,8-10,14H,2,4,7,11H2,1H3. The zero-order valence-corrected chi connectivity index (χ0v) is 14.5. The number of carbonyl (C=O) groups is 1. The third kappa shape index (κ3) is 2.68. The number of aryl methyl sites for hydroxylation is 1. The van der Waals surface area contributed by atoms with Crippen LogP contribution in [0, 0.1) is 0 Å². The molecule has 1 fully saturated rings. The SMILES string of the molecule is Cn1cc(C2CSCCCN2C(=O)c2ccn3ccsc23)cn1. The topological polar surface area (TPSA) is 42.5 Å². The van der Waals surface area contributed by atoms with Crippen LogP contribution in [0.15, 0.2) is 36.2 Å². The van der Waals surface area contributed by atoms with Crippen molar-refractivity contribution in [2.45, 2.75) is 12.5 Å². The first kappa shape index (κ1) is 14.8. The van der Waals surface area contributed by atoms with E-state index >= 15 is 0 Å². The zero-order valence-electron chi connectivity index (χ0n) is 12.9. The van der Waals surface area contributed by atoms with E-state index in [1.165, 1.54) is 0 Å². The number of carbonyl (C=O) groups excluding carboxylic acids is 1. The quantitative estimate of drug-likeness (QED) is 0.716. The van der Waals surface area contributed by atoms with Gasteiger partial charge in [-0.15, -0.1) is 11.3 Å². The van der Waals surface area contributed by atoms with Crippen molar-refractivity contribution >= 4 is 33.8 Å². The van der Waals surface area contributed by atoms with Gasteiger partial charge in [0.15, 0.2) is 0 Å². The summed E-state index contributed by atoms with van der Waals surface area (Å²) in [5, 5.41) is 6.30. The first-order valence-electron chi connectivity index (χ1n) is 7.65. The van der Waals surface area contributed by atoms with Crippen molar-refractivity contribution in [2.75, 3.05) is 18.1 Å². The molecule has 0 bridgehead atoms. The van der Waals surface area contributed by atoms with Crippen LogP contribution in [0.2, 0.25) is 0 Å². The van der Waals surface area contributed by atoms with Gasteiger partial charge in [-0.2, -0.15) is 16.9 Å². The van der Waals surface area contributed by atoms with Crippen LogP contribution in [-0.4, -0.2) is 43.0 Å². The Morgan fingerprint density at radius 2 is 2.30 bits per heavy atom. The molecule has 4 rings (SSSR count). The number of aromatic nitrogens is 3. The van der Waals surface area contributed by atoms with E-state index in [4.69, 9.17) is 0 Å². The van der Waals surface area contributed by atoms with Gasteiger partial charge in [-0.05, 0) is 18.2 Å². The number of nitrogens with zero attached hydrogens (tertiary/aromatic N) is 4. The van der Waals surface area contributed by atoms with Crippen LogP contribution in [0.25, 0.3) is 4.83 Å². The fourth-order valence-electron chi connectivity index (χ4n) is 3.06. The lowest BCUT2D eigenvalue weighted by molar-refractivity contribution is 0.0701. The van der Waals surface area contributed by atoms with Gasteiger partial charge in [-0.1, -0.05) is 0 Å². The van der Waals surface area contributed by atoms with Crippen LogP contribution in [0.4, 0.5) is 0 Å². The van der Waals surface area contributed by atoms with Crippen LogP contribution in [0.1, 0.15) is 28.4 Å². The molecule has 1 amide bonds. The van der Waals surface area contributed by atoms with E-state index in [1.54, 1.807) is 11.3 Å². The van der Waals surface area contributed by atoms with Crippen molar-refractivity contribution in [2.24, 2.45) is 7.05 Å². The van der Waals surface area contributed by atoms with Crippen LogP contribution in [-0.2, 0) is 7.05 Å². The molecule has 120 valence electrons. The number of fused-ring (bicyclic) bond motifs is 1. The Bertz CT molecular complexity index is 834. The Morgan fingerprint density at radius 1 is 1.39 bits per heavy atom. The molecule has 0 saturated carbocycles. The molecule has 4 heterocycles. The van der Waals surface area contributed by atoms with E-state index in [-0.39, 0.29) is 11.9 Å². The zero-order chi connectivity index (χ0) is 15.8. The molecule has 1 aliphatic rings. The lowest BCUT2D eigenvalue weighted by Crippen LogP contribution is -2.35. The monoisotopic (exact) mass is 346 g/mol. The number of hydrogen-bond acceptors (Lipinski definition) is 4. The van der Waals surface area contributed by atoms with E-state index in [9.17, 15) is 4.79 Å². The maximum Gasteiger partial charge on any atom is 0.257 e. The van der Waals surface area contributed by atoms with Crippen LogP contribution in [0.3, 0.4) is 0 Å². The summed E-state index contributed by atoms with van der Waals surface area (Å²) >= 11 is 3.53. The second-order valence-corrected chi connectivity index (χ2v) is 7.78. The summed E-state index contributed by atoms with van der Waals surface area (Å²) in [6.45, 7) is 0.800. The highest BCUT2D eigenvalue weighted by Gasteiger charge is 2.30.